The smallest absolute Gasteiger partial charge is 0.163 e. The number of piperazine rings is 1. The molecule has 7 nitrogen and oxygen atoms in total. The Morgan fingerprint density at radius 3 is 2.62 bits per heavy atom. The maximum atomic E-state index is 15.0. The summed E-state index contributed by atoms with van der Waals surface area (Å²) in [5.74, 6) is 2.08. The number of hydrogen-bond acceptors (Lipinski definition) is 6. The van der Waals surface area contributed by atoms with Crippen molar-refractivity contribution in [2.24, 2.45) is 0 Å². The number of halogens is 1. The highest BCUT2D eigenvalue weighted by atomic mass is 19.1. The lowest BCUT2D eigenvalue weighted by molar-refractivity contribution is 0.285. The third-order valence-corrected chi connectivity index (χ3v) is 8.94. The fraction of sp³-hybridized carbons (Fsp3) is 0.355. The quantitative estimate of drug-likeness (QED) is 0.321. The van der Waals surface area contributed by atoms with Gasteiger partial charge in [0.1, 0.15) is 17.3 Å². The molecular formula is C31H30FN7. The first-order valence-corrected chi connectivity index (χ1v) is 14.1. The Balaban J connectivity index is 1.31. The lowest BCUT2D eigenvalue weighted by Crippen LogP contribution is -2.44. The van der Waals surface area contributed by atoms with Crippen molar-refractivity contribution in [3.05, 3.63) is 77.6 Å². The molecule has 3 fully saturated rings. The number of aromatic amines is 1. The zero-order valence-corrected chi connectivity index (χ0v) is 21.8. The second kappa shape index (κ2) is 8.81. The van der Waals surface area contributed by atoms with Crippen molar-refractivity contribution in [2.75, 3.05) is 31.1 Å². The summed E-state index contributed by atoms with van der Waals surface area (Å²) in [6, 6.07) is 11.3. The number of nitrogens with zero attached hydrogens (tertiary/aromatic N) is 5. The minimum absolute atomic E-state index is 0.151. The van der Waals surface area contributed by atoms with Crippen LogP contribution in [0.4, 0.5) is 10.2 Å². The number of anilines is 1. The zero-order valence-electron chi connectivity index (χ0n) is 21.8. The average molecular weight is 520 g/mol. The Morgan fingerprint density at radius 2 is 1.85 bits per heavy atom. The Bertz CT molecular complexity index is 1710. The maximum Gasteiger partial charge on any atom is 0.163 e. The molecule has 0 radical (unpaired) electrons. The molecule has 196 valence electrons. The van der Waals surface area contributed by atoms with Gasteiger partial charge in [-0.05, 0) is 60.9 Å². The van der Waals surface area contributed by atoms with Crippen LogP contribution in [0.2, 0.25) is 0 Å². The van der Waals surface area contributed by atoms with E-state index >= 15 is 0 Å². The van der Waals surface area contributed by atoms with E-state index < -0.39 is 0 Å². The van der Waals surface area contributed by atoms with Gasteiger partial charge in [0.2, 0.25) is 0 Å². The van der Waals surface area contributed by atoms with Crippen LogP contribution in [0.3, 0.4) is 0 Å². The van der Waals surface area contributed by atoms with Gasteiger partial charge >= 0.3 is 0 Å². The van der Waals surface area contributed by atoms with Gasteiger partial charge in [0.25, 0.3) is 0 Å². The molecule has 2 N–H and O–H groups in total. The molecule has 1 saturated heterocycles. The maximum absolute atomic E-state index is 15.0. The molecule has 5 aromatic rings. The molecule has 0 atom stereocenters. The third-order valence-electron chi connectivity index (χ3n) is 8.94. The van der Waals surface area contributed by atoms with E-state index in [0.29, 0.717) is 11.7 Å². The number of rotatable bonds is 5. The second-order valence-electron chi connectivity index (χ2n) is 11.2. The van der Waals surface area contributed by atoms with E-state index in [0.717, 1.165) is 90.0 Å². The summed E-state index contributed by atoms with van der Waals surface area (Å²) in [5, 5.41) is 5.57. The van der Waals surface area contributed by atoms with Crippen LogP contribution < -0.4 is 10.2 Å². The number of pyridine rings is 2. The molecule has 2 aliphatic carbocycles. The van der Waals surface area contributed by atoms with Crippen molar-refractivity contribution in [1.82, 2.24) is 30.2 Å². The highest BCUT2D eigenvalue weighted by molar-refractivity contribution is 5.97. The summed E-state index contributed by atoms with van der Waals surface area (Å²) in [6.45, 7) is 3.68. The molecule has 4 aromatic heterocycles. The summed E-state index contributed by atoms with van der Waals surface area (Å²) in [4.78, 5) is 25.5. The second-order valence-corrected chi connectivity index (χ2v) is 11.2. The normalized spacial score (nSPS) is 18.9. The summed E-state index contributed by atoms with van der Waals surface area (Å²) in [6.07, 6.45) is 11.0. The van der Waals surface area contributed by atoms with E-state index in [1.807, 2.05) is 36.8 Å². The molecule has 8 heteroatoms. The zero-order chi connectivity index (χ0) is 26.0. The number of aromatic nitrogens is 5. The van der Waals surface area contributed by atoms with Crippen molar-refractivity contribution < 1.29 is 4.39 Å². The molecule has 5 heterocycles. The van der Waals surface area contributed by atoms with Gasteiger partial charge in [0, 0.05) is 66.0 Å². The third kappa shape index (κ3) is 3.65. The van der Waals surface area contributed by atoms with Crippen LogP contribution in [0.5, 0.6) is 0 Å². The van der Waals surface area contributed by atoms with Crippen LogP contribution in [0.15, 0.2) is 55.0 Å². The van der Waals surface area contributed by atoms with Crippen molar-refractivity contribution in [2.45, 2.75) is 43.4 Å². The molecule has 1 aromatic carbocycles. The van der Waals surface area contributed by atoms with Crippen LogP contribution >= 0.6 is 0 Å². The lowest BCUT2D eigenvalue weighted by Gasteiger charge is -2.42. The fourth-order valence-electron chi connectivity index (χ4n) is 6.56. The van der Waals surface area contributed by atoms with Crippen LogP contribution in [0.25, 0.3) is 33.3 Å². The van der Waals surface area contributed by atoms with Gasteiger partial charge in [0.05, 0.1) is 11.7 Å². The summed E-state index contributed by atoms with van der Waals surface area (Å²) in [5.41, 5.74) is 5.28. The van der Waals surface area contributed by atoms with E-state index in [9.17, 15) is 4.39 Å². The molecule has 0 unspecified atom stereocenters. The number of nitrogens with one attached hydrogen (secondary N) is 2. The largest absolute Gasteiger partial charge is 0.353 e. The van der Waals surface area contributed by atoms with Crippen molar-refractivity contribution in [3.63, 3.8) is 0 Å². The molecule has 3 aliphatic rings. The fourth-order valence-corrected chi connectivity index (χ4v) is 6.56. The highest BCUT2D eigenvalue weighted by Crippen LogP contribution is 2.50. The van der Waals surface area contributed by atoms with Gasteiger partial charge < -0.3 is 15.2 Å². The number of H-pyrrole nitrogens is 1. The van der Waals surface area contributed by atoms with E-state index in [-0.39, 0.29) is 11.2 Å². The number of hydrogen-bond donors (Lipinski definition) is 2. The lowest BCUT2D eigenvalue weighted by atomic mass is 9.62. The molecule has 39 heavy (non-hydrogen) atoms. The van der Waals surface area contributed by atoms with Crippen molar-refractivity contribution in [1.29, 1.82) is 0 Å². The predicted molar refractivity (Wildman–Crippen MR) is 151 cm³/mol. The summed E-state index contributed by atoms with van der Waals surface area (Å²) >= 11 is 0. The van der Waals surface area contributed by atoms with E-state index in [2.05, 4.69) is 31.2 Å². The monoisotopic (exact) mass is 519 g/mol. The Hall–Kier alpha value is -3.91. The molecule has 0 spiro atoms. The van der Waals surface area contributed by atoms with E-state index in [1.165, 1.54) is 18.4 Å². The van der Waals surface area contributed by atoms with Gasteiger partial charge in [-0.1, -0.05) is 24.6 Å². The Morgan fingerprint density at radius 1 is 1.00 bits per heavy atom. The summed E-state index contributed by atoms with van der Waals surface area (Å²) in [7, 11) is 0. The first-order valence-electron chi connectivity index (χ1n) is 14.1. The molecule has 0 bridgehead atoms. The van der Waals surface area contributed by atoms with Gasteiger partial charge in [-0.2, -0.15) is 0 Å². The van der Waals surface area contributed by atoms with Crippen LogP contribution in [0, 0.1) is 5.82 Å². The molecule has 8 rings (SSSR count). The minimum Gasteiger partial charge on any atom is -0.353 e. The van der Waals surface area contributed by atoms with Crippen LogP contribution in [0.1, 0.15) is 54.8 Å². The van der Waals surface area contributed by atoms with Crippen molar-refractivity contribution >= 4 is 27.8 Å². The van der Waals surface area contributed by atoms with E-state index in [1.54, 1.807) is 12.1 Å². The first-order chi connectivity index (χ1) is 19.2. The highest BCUT2D eigenvalue weighted by Gasteiger charge is 2.43. The SMILES string of the molecule is Fc1ccccc1C1(c2cc3c(-c4nc(N5CCNCC5)c5c(C6CC6)cncc5n4)ccnc3[nH]2)CCC1. The first kappa shape index (κ1) is 23.0. The standard InChI is InChI=1S/C31H30FN7/c32-24-5-2-1-4-23(24)31(9-3-10-31)26-16-21-20(8-11-35-28(21)37-26)29-36-25-18-34-17-22(19-6-7-19)27(25)30(38-29)39-14-12-33-13-15-39/h1-2,4-5,8,11,16-19,33H,3,6-7,9-10,12-15H2,(H,35,37). The Kier molecular flexibility index (Phi) is 5.20. The number of fused-ring (bicyclic) bond motifs is 2. The predicted octanol–water partition coefficient (Wildman–Crippen LogP) is 5.46. The minimum atomic E-state index is -0.359. The molecule has 1 aliphatic heterocycles. The Labute approximate surface area is 225 Å². The van der Waals surface area contributed by atoms with Crippen molar-refractivity contribution in [3.8, 4) is 11.4 Å². The van der Waals surface area contributed by atoms with Gasteiger partial charge in [0.15, 0.2) is 5.82 Å². The van der Waals surface area contributed by atoms with Crippen LogP contribution in [-0.2, 0) is 5.41 Å². The molecular weight excluding hydrogens is 489 g/mol. The molecule has 0 amide bonds. The van der Waals surface area contributed by atoms with Gasteiger partial charge in [-0.3, -0.25) is 4.98 Å². The molecule has 2 saturated carbocycles. The number of benzene rings is 1. The summed E-state index contributed by atoms with van der Waals surface area (Å²) < 4.78 is 15.0. The topological polar surface area (TPSA) is 82.6 Å². The van der Waals surface area contributed by atoms with Gasteiger partial charge in [-0.15, -0.1) is 0 Å². The van der Waals surface area contributed by atoms with E-state index in [4.69, 9.17) is 9.97 Å². The van der Waals surface area contributed by atoms with Crippen LogP contribution in [-0.4, -0.2) is 51.1 Å². The average Bonchev–Trinajstić information content (AvgIpc) is 3.71. The van der Waals surface area contributed by atoms with Gasteiger partial charge in [-0.25, -0.2) is 19.3 Å².